The van der Waals surface area contributed by atoms with Crippen LogP contribution in [0.5, 0.6) is 0 Å². The molecule has 0 heterocycles. The van der Waals surface area contributed by atoms with Gasteiger partial charge in [0.1, 0.15) is 0 Å². The van der Waals surface area contributed by atoms with Gasteiger partial charge in [-0.2, -0.15) is 0 Å². The Morgan fingerprint density at radius 2 is 0.906 bits per heavy atom. The smallest absolute Gasteiger partial charge is 0.373 e. The highest BCUT2D eigenvalue weighted by Crippen LogP contribution is 2.22. The van der Waals surface area contributed by atoms with Crippen LogP contribution in [0.25, 0.3) is 0 Å². The summed E-state index contributed by atoms with van der Waals surface area (Å²) in [5, 5.41) is 19.2. The molecule has 6 heteroatoms. The van der Waals surface area contributed by atoms with Crippen molar-refractivity contribution in [2.75, 3.05) is 6.61 Å². The van der Waals surface area contributed by atoms with Crippen molar-refractivity contribution in [3.63, 3.8) is 0 Å². The van der Waals surface area contributed by atoms with E-state index in [0.29, 0.717) is 13.0 Å². The lowest BCUT2D eigenvalue weighted by atomic mass is 10.0. The molecule has 0 rings (SSSR count). The van der Waals surface area contributed by atoms with Crippen molar-refractivity contribution in [3.8, 4) is 0 Å². The molecule has 0 aromatic heterocycles. The number of unbranched alkanes of at least 4 members (excludes halogenated alkanes) is 14. The molecular formula is C26H46O6. The molecular weight excluding hydrogens is 408 g/mol. The monoisotopic (exact) mass is 454 g/mol. The first-order valence-corrected chi connectivity index (χ1v) is 12.3. The van der Waals surface area contributed by atoms with E-state index in [2.05, 4.69) is 13.2 Å². The maximum Gasteiger partial charge on any atom is 0.373 e. The van der Waals surface area contributed by atoms with E-state index >= 15 is 0 Å². The zero-order valence-electron chi connectivity index (χ0n) is 20.5. The first-order valence-electron chi connectivity index (χ1n) is 12.3. The van der Waals surface area contributed by atoms with E-state index in [1.54, 1.807) is 0 Å². The number of hydrogen-bond acceptors (Lipinski definition) is 6. The lowest BCUT2D eigenvalue weighted by Crippen LogP contribution is -2.40. The number of rotatable bonds is 21. The van der Waals surface area contributed by atoms with Crippen molar-refractivity contribution >= 4 is 11.9 Å². The maximum atomic E-state index is 11.8. The van der Waals surface area contributed by atoms with Crippen molar-refractivity contribution in [2.45, 2.75) is 123 Å². The summed E-state index contributed by atoms with van der Waals surface area (Å²) >= 11 is 0. The van der Waals surface area contributed by atoms with Crippen LogP contribution in [0.4, 0.5) is 0 Å². The van der Waals surface area contributed by atoms with E-state index in [1.807, 2.05) is 0 Å². The molecule has 32 heavy (non-hydrogen) atoms. The second-order valence-corrected chi connectivity index (χ2v) is 8.83. The minimum atomic E-state index is -2.29. The number of carbonyl (C=O) groups is 2. The van der Waals surface area contributed by atoms with Crippen LogP contribution in [-0.4, -0.2) is 34.7 Å². The van der Waals surface area contributed by atoms with E-state index in [9.17, 15) is 14.7 Å². The quantitative estimate of drug-likeness (QED) is 0.0941. The molecule has 0 amide bonds. The molecule has 0 spiro atoms. The predicted octanol–water partition coefficient (Wildman–Crippen LogP) is 6.11. The number of carbonyl (C=O) groups excluding carboxylic acids is 2. The van der Waals surface area contributed by atoms with Gasteiger partial charge in [-0.1, -0.05) is 96.6 Å². The van der Waals surface area contributed by atoms with Crippen LogP contribution >= 0.6 is 0 Å². The molecule has 0 radical (unpaired) electrons. The van der Waals surface area contributed by atoms with Gasteiger partial charge in [-0.05, 0) is 26.7 Å². The van der Waals surface area contributed by atoms with E-state index in [4.69, 9.17) is 14.6 Å². The molecule has 0 fully saturated rings. The average Bonchev–Trinajstić information content (AvgIpc) is 2.73. The molecule has 2 N–H and O–H groups in total. The molecule has 0 saturated carbocycles. The molecule has 0 aliphatic carbocycles. The molecule has 0 aromatic rings. The first kappa shape index (κ1) is 30.3. The highest BCUT2D eigenvalue weighted by Gasteiger charge is 2.36. The Morgan fingerprint density at radius 3 is 1.19 bits per heavy atom. The van der Waals surface area contributed by atoms with E-state index < -0.39 is 17.9 Å². The summed E-state index contributed by atoms with van der Waals surface area (Å²) in [6.07, 6.45) is 17.1. The summed E-state index contributed by atoms with van der Waals surface area (Å²) in [7, 11) is 0. The van der Waals surface area contributed by atoms with Gasteiger partial charge in [0, 0.05) is 17.8 Å². The van der Waals surface area contributed by atoms with Crippen LogP contribution in [0.1, 0.15) is 117 Å². The van der Waals surface area contributed by atoms with Gasteiger partial charge < -0.3 is 19.7 Å². The van der Waals surface area contributed by atoms with Crippen LogP contribution in [0, 0.1) is 0 Å². The van der Waals surface area contributed by atoms with Crippen molar-refractivity contribution in [2.24, 2.45) is 0 Å². The Bertz CT molecular complexity index is 527. The average molecular weight is 455 g/mol. The van der Waals surface area contributed by atoms with Crippen LogP contribution in [0.3, 0.4) is 0 Å². The molecule has 0 bridgehead atoms. The molecule has 0 aliphatic heterocycles. The third-order valence-electron chi connectivity index (χ3n) is 5.35. The topological polar surface area (TPSA) is 93.1 Å². The minimum absolute atomic E-state index is 0.0189. The molecule has 0 atom stereocenters. The Morgan fingerprint density at radius 1 is 0.625 bits per heavy atom. The van der Waals surface area contributed by atoms with Crippen molar-refractivity contribution in [1.29, 1.82) is 0 Å². The Balaban J connectivity index is 3.84. The van der Waals surface area contributed by atoms with Crippen LogP contribution in [0.15, 0.2) is 24.3 Å². The Kier molecular flexibility index (Phi) is 17.9. The third-order valence-corrected chi connectivity index (χ3v) is 5.35. The fraction of sp³-hybridized carbons (Fsp3) is 0.769. The third kappa shape index (κ3) is 17.0. The second-order valence-electron chi connectivity index (χ2n) is 8.83. The highest BCUT2D eigenvalue weighted by molar-refractivity contribution is 5.88. The lowest BCUT2D eigenvalue weighted by molar-refractivity contribution is -0.325. The molecule has 0 saturated heterocycles. The van der Waals surface area contributed by atoms with Crippen LogP contribution in [0.2, 0.25) is 0 Å². The Labute approximate surface area is 195 Å². The molecule has 0 aliphatic rings. The summed E-state index contributed by atoms with van der Waals surface area (Å²) in [4.78, 5) is 23.6. The standard InChI is InChI=1S/C26H46O6/c1-22(2)24(28)31-26(30,32-25(29)23(3)4)20-18-16-14-12-10-8-6-5-7-9-11-13-15-17-19-21-27/h27,30H,1,3,5-21H2,2,4H3. The van der Waals surface area contributed by atoms with E-state index in [1.165, 1.54) is 71.6 Å². The van der Waals surface area contributed by atoms with Crippen LogP contribution in [-0.2, 0) is 19.1 Å². The normalized spacial score (nSPS) is 11.2. The number of esters is 2. The minimum Gasteiger partial charge on any atom is -0.396 e. The zero-order chi connectivity index (χ0) is 24.2. The summed E-state index contributed by atoms with van der Waals surface area (Å²) in [5.41, 5.74) is 0.237. The predicted molar refractivity (Wildman–Crippen MR) is 128 cm³/mol. The van der Waals surface area contributed by atoms with E-state index in [-0.39, 0.29) is 17.6 Å². The summed E-state index contributed by atoms with van der Waals surface area (Å²) in [6, 6.07) is 0. The fourth-order valence-corrected chi connectivity index (χ4v) is 3.35. The summed E-state index contributed by atoms with van der Waals surface area (Å²) < 4.78 is 9.93. The van der Waals surface area contributed by atoms with Gasteiger partial charge in [0.05, 0.1) is 6.42 Å². The number of hydrogen-bond donors (Lipinski definition) is 2. The highest BCUT2D eigenvalue weighted by atomic mass is 16.8. The van der Waals surface area contributed by atoms with Gasteiger partial charge in [0.15, 0.2) is 0 Å². The van der Waals surface area contributed by atoms with Gasteiger partial charge >= 0.3 is 17.9 Å². The first-order chi connectivity index (χ1) is 15.2. The van der Waals surface area contributed by atoms with Gasteiger partial charge in [0.25, 0.3) is 0 Å². The number of aliphatic hydroxyl groups is 2. The molecule has 186 valence electrons. The number of aliphatic hydroxyl groups excluding tert-OH is 1. The summed E-state index contributed by atoms with van der Waals surface area (Å²) in [5.74, 6) is -3.89. The van der Waals surface area contributed by atoms with Crippen LogP contribution < -0.4 is 0 Å². The van der Waals surface area contributed by atoms with Gasteiger partial charge in [-0.25, -0.2) is 9.59 Å². The zero-order valence-corrected chi connectivity index (χ0v) is 20.5. The van der Waals surface area contributed by atoms with Gasteiger partial charge in [-0.3, -0.25) is 0 Å². The SMILES string of the molecule is C=C(C)C(=O)OC(O)(CCCCCCCCCCCCCCCCCO)OC(=O)C(=C)C. The van der Waals surface area contributed by atoms with E-state index in [0.717, 1.165) is 32.1 Å². The molecule has 0 aromatic carbocycles. The van der Waals surface area contributed by atoms with Gasteiger partial charge in [-0.15, -0.1) is 0 Å². The molecule has 6 nitrogen and oxygen atoms in total. The molecule has 0 unspecified atom stereocenters. The van der Waals surface area contributed by atoms with Crippen molar-refractivity contribution < 1.29 is 29.3 Å². The van der Waals surface area contributed by atoms with Crippen molar-refractivity contribution in [3.05, 3.63) is 24.3 Å². The van der Waals surface area contributed by atoms with Gasteiger partial charge in [0.2, 0.25) is 0 Å². The lowest BCUT2D eigenvalue weighted by Gasteiger charge is -2.27. The maximum absolute atomic E-state index is 11.8. The largest absolute Gasteiger partial charge is 0.396 e. The van der Waals surface area contributed by atoms with Crippen molar-refractivity contribution in [1.82, 2.24) is 0 Å². The fourth-order valence-electron chi connectivity index (χ4n) is 3.35. The second kappa shape index (κ2) is 18.9. The summed E-state index contributed by atoms with van der Waals surface area (Å²) in [6.45, 7) is 10.2. The Hall–Kier alpha value is -1.66. The number of ether oxygens (including phenoxy) is 2.